The number of fused-ring (bicyclic) bond motifs is 1. The maximum atomic E-state index is 12.5. The molecular weight excluding hydrogens is 332 g/mol. The van der Waals surface area contributed by atoms with Crippen LogP contribution in [-0.2, 0) is 0 Å². The Morgan fingerprint density at radius 1 is 1.19 bits per heavy atom. The lowest BCUT2D eigenvalue weighted by Crippen LogP contribution is -2.12. The number of amides is 1. The first-order valence-corrected chi connectivity index (χ1v) is 8.00. The molecule has 1 aliphatic rings. The van der Waals surface area contributed by atoms with Crippen LogP contribution in [0.4, 0.5) is 11.4 Å². The van der Waals surface area contributed by atoms with Crippen LogP contribution in [-0.4, -0.2) is 23.0 Å². The number of carbonyl (C=O) groups excluding carboxylic acids is 1. The minimum absolute atomic E-state index is 0.241. The molecule has 1 aliphatic heterocycles. The Kier molecular flexibility index (Phi) is 4.10. The minimum Gasteiger partial charge on any atom is -0.495 e. The molecule has 1 atom stereocenters. The Balaban J connectivity index is 1.51. The molecule has 0 radical (unpaired) electrons. The number of ether oxygens (including phenoxy) is 2. The zero-order valence-electron chi connectivity index (χ0n) is 14.0. The molecule has 0 saturated carbocycles. The number of carbonyl (C=O) groups is 1. The molecule has 3 heterocycles. The number of benzene rings is 1. The summed E-state index contributed by atoms with van der Waals surface area (Å²) in [5.41, 5.74) is 2.74. The number of hydrogen-bond donors (Lipinski definition) is 2. The summed E-state index contributed by atoms with van der Waals surface area (Å²) in [6.07, 6.45) is 6.27. The van der Waals surface area contributed by atoms with Crippen LogP contribution in [0, 0.1) is 0 Å². The van der Waals surface area contributed by atoms with E-state index >= 15 is 0 Å². The number of nitrogens with zero attached hydrogens (tertiary/aromatic N) is 2. The van der Waals surface area contributed by atoms with E-state index in [2.05, 4.69) is 20.6 Å². The lowest BCUT2D eigenvalue weighted by atomic mass is 10.1. The van der Waals surface area contributed by atoms with Gasteiger partial charge in [-0.15, -0.1) is 0 Å². The summed E-state index contributed by atoms with van der Waals surface area (Å²) in [6.45, 7) is 0. The van der Waals surface area contributed by atoms with Gasteiger partial charge in [-0.2, -0.15) is 0 Å². The van der Waals surface area contributed by atoms with Gasteiger partial charge in [0.1, 0.15) is 11.5 Å². The first-order valence-electron chi connectivity index (χ1n) is 8.00. The first-order chi connectivity index (χ1) is 12.7. The van der Waals surface area contributed by atoms with Gasteiger partial charge in [0, 0.05) is 29.6 Å². The van der Waals surface area contributed by atoms with Gasteiger partial charge >= 0.3 is 0 Å². The van der Waals surface area contributed by atoms with Gasteiger partial charge in [-0.1, -0.05) is 6.07 Å². The minimum atomic E-state index is -0.320. The molecule has 1 amide bonds. The van der Waals surface area contributed by atoms with Crippen molar-refractivity contribution in [2.45, 2.75) is 6.23 Å². The van der Waals surface area contributed by atoms with Crippen molar-refractivity contribution in [1.29, 1.82) is 0 Å². The summed E-state index contributed by atoms with van der Waals surface area (Å²) < 4.78 is 11.0. The van der Waals surface area contributed by atoms with E-state index in [1.165, 1.54) is 0 Å². The van der Waals surface area contributed by atoms with E-state index in [0.29, 0.717) is 22.7 Å². The topological polar surface area (TPSA) is 85.4 Å². The average molecular weight is 348 g/mol. The molecule has 7 nitrogen and oxygen atoms in total. The molecule has 1 aromatic carbocycles. The molecular formula is C19H16N4O3. The zero-order chi connectivity index (χ0) is 17.9. The molecule has 4 rings (SSSR count). The van der Waals surface area contributed by atoms with Crippen LogP contribution in [0.15, 0.2) is 61.2 Å². The SMILES string of the molecule is COc1cncc(NC(=O)c2ccc3c(c2)NC(c2cccnc2)O3)c1. The molecule has 0 bridgehead atoms. The van der Waals surface area contributed by atoms with Crippen molar-refractivity contribution in [3.8, 4) is 11.5 Å². The third-order valence-electron chi connectivity index (χ3n) is 3.97. The predicted molar refractivity (Wildman–Crippen MR) is 96.4 cm³/mol. The fraction of sp³-hybridized carbons (Fsp3) is 0.105. The predicted octanol–water partition coefficient (Wildman–Crippen LogP) is 3.24. The Morgan fingerprint density at radius 2 is 2.12 bits per heavy atom. The summed E-state index contributed by atoms with van der Waals surface area (Å²) >= 11 is 0. The van der Waals surface area contributed by atoms with E-state index in [-0.39, 0.29) is 12.1 Å². The van der Waals surface area contributed by atoms with Crippen LogP contribution < -0.4 is 20.1 Å². The largest absolute Gasteiger partial charge is 0.495 e. The lowest BCUT2D eigenvalue weighted by molar-refractivity contribution is 0.102. The summed E-state index contributed by atoms with van der Waals surface area (Å²) in [6, 6.07) is 10.7. The number of rotatable bonds is 4. The molecule has 1 unspecified atom stereocenters. The average Bonchev–Trinajstić information content (AvgIpc) is 3.12. The number of nitrogens with one attached hydrogen (secondary N) is 2. The van der Waals surface area contributed by atoms with Gasteiger partial charge in [0.2, 0.25) is 0 Å². The molecule has 2 aromatic heterocycles. The molecule has 3 aromatic rings. The fourth-order valence-electron chi connectivity index (χ4n) is 2.67. The highest BCUT2D eigenvalue weighted by molar-refractivity contribution is 6.05. The second-order valence-electron chi connectivity index (χ2n) is 5.71. The summed E-state index contributed by atoms with van der Waals surface area (Å²) in [4.78, 5) is 20.6. The molecule has 130 valence electrons. The number of methoxy groups -OCH3 is 1. The van der Waals surface area contributed by atoms with E-state index < -0.39 is 0 Å². The van der Waals surface area contributed by atoms with E-state index in [1.807, 2.05) is 12.1 Å². The molecule has 26 heavy (non-hydrogen) atoms. The third-order valence-corrected chi connectivity index (χ3v) is 3.97. The number of aromatic nitrogens is 2. The quantitative estimate of drug-likeness (QED) is 0.753. The summed E-state index contributed by atoms with van der Waals surface area (Å²) in [5, 5.41) is 6.06. The number of anilines is 2. The molecule has 0 saturated heterocycles. The van der Waals surface area contributed by atoms with Crippen LogP contribution in [0.25, 0.3) is 0 Å². The second-order valence-corrected chi connectivity index (χ2v) is 5.71. The Hall–Kier alpha value is -3.61. The monoisotopic (exact) mass is 348 g/mol. The van der Waals surface area contributed by atoms with E-state index in [0.717, 1.165) is 11.3 Å². The highest BCUT2D eigenvalue weighted by Crippen LogP contribution is 2.38. The molecule has 0 spiro atoms. The van der Waals surface area contributed by atoms with Crippen molar-refractivity contribution in [2.24, 2.45) is 0 Å². The standard InChI is InChI=1S/C19H16N4O3/c1-25-15-8-14(10-21-11-15)22-18(24)12-4-5-17-16(7-12)23-19(26-17)13-3-2-6-20-9-13/h2-11,19,23H,1H3,(H,22,24). The van der Waals surface area contributed by atoms with Gasteiger partial charge in [-0.05, 0) is 24.3 Å². The smallest absolute Gasteiger partial charge is 0.255 e. The van der Waals surface area contributed by atoms with Gasteiger partial charge in [-0.3, -0.25) is 14.8 Å². The van der Waals surface area contributed by atoms with Crippen molar-refractivity contribution in [3.63, 3.8) is 0 Å². The van der Waals surface area contributed by atoms with E-state index in [4.69, 9.17) is 9.47 Å². The van der Waals surface area contributed by atoms with Crippen molar-refractivity contribution >= 4 is 17.3 Å². The van der Waals surface area contributed by atoms with Crippen LogP contribution in [0.5, 0.6) is 11.5 Å². The number of hydrogen-bond acceptors (Lipinski definition) is 6. The van der Waals surface area contributed by atoms with Crippen molar-refractivity contribution in [3.05, 3.63) is 72.3 Å². The van der Waals surface area contributed by atoms with Crippen LogP contribution in [0.2, 0.25) is 0 Å². The lowest BCUT2D eigenvalue weighted by Gasteiger charge is -2.10. The Morgan fingerprint density at radius 3 is 2.92 bits per heavy atom. The number of pyridine rings is 2. The van der Waals surface area contributed by atoms with Gasteiger partial charge in [0.15, 0.2) is 6.23 Å². The van der Waals surface area contributed by atoms with Crippen LogP contribution in [0.1, 0.15) is 22.1 Å². The summed E-state index contributed by atoms with van der Waals surface area (Å²) in [7, 11) is 1.55. The van der Waals surface area contributed by atoms with Gasteiger partial charge in [-0.25, -0.2) is 0 Å². The maximum absolute atomic E-state index is 12.5. The zero-order valence-corrected chi connectivity index (χ0v) is 14.0. The highest BCUT2D eigenvalue weighted by atomic mass is 16.5. The molecule has 0 aliphatic carbocycles. The first kappa shape index (κ1) is 15.9. The summed E-state index contributed by atoms with van der Waals surface area (Å²) in [5.74, 6) is 1.03. The third kappa shape index (κ3) is 3.14. The van der Waals surface area contributed by atoms with Crippen molar-refractivity contribution in [1.82, 2.24) is 9.97 Å². The molecule has 7 heteroatoms. The highest BCUT2D eigenvalue weighted by Gasteiger charge is 2.24. The fourth-order valence-corrected chi connectivity index (χ4v) is 2.67. The van der Waals surface area contributed by atoms with E-state index in [1.54, 1.807) is 56.2 Å². The molecule has 2 N–H and O–H groups in total. The van der Waals surface area contributed by atoms with Crippen molar-refractivity contribution < 1.29 is 14.3 Å². The van der Waals surface area contributed by atoms with Crippen LogP contribution >= 0.6 is 0 Å². The normalized spacial score (nSPS) is 14.7. The maximum Gasteiger partial charge on any atom is 0.255 e. The van der Waals surface area contributed by atoms with Gasteiger partial charge < -0.3 is 20.1 Å². The van der Waals surface area contributed by atoms with Gasteiger partial charge in [0.25, 0.3) is 5.91 Å². The molecule has 0 fully saturated rings. The van der Waals surface area contributed by atoms with Crippen LogP contribution in [0.3, 0.4) is 0 Å². The Labute approximate surface area is 150 Å². The van der Waals surface area contributed by atoms with Crippen molar-refractivity contribution in [2.75, 3.05) is 17.7 Å². The Bertz CT molecular complexity index is 947. The second kappa shape index (κ2) is 6.72. The van der Waals surface area contributed by atoms with E-state index in [9.17, 15) is 4.79 Å². The van der Waals surface area contributed by atoms with Gasteiger partial charge in [0.05, 0.1) is 30.9 Å².